The Morgan fingerprint density at radius 1 is 1.24 bits per heavy atom. The number of fused-ring (bicyclic) bond motifs is 2. The Labute approximate surface area is 126 Å². The van der Waals surface area contributed by atoms with Crippen LogP contribution in [0.25, 0.3) is 0 Å². The number of carbonyl (C=O) groups is 1. The molecule has 0 saturated heterocycles. The second-order valence-corrected chi connectivity index (χ2v) is 5.98. The zero-order valence-corrected chi connectivity index (χ0v) is 12.1. The first-order chi connectivity index (χ1) is 10.4. The average Bonchev–Trinajstić information content (AvgIpc) is 2.98. The number of hydrogen-bond donors (Lipinski definition) is 0. The van der Waals surface area contributed by atoms with Crippen LogP contribution in [0.4, 0.5) is 5.69 Å². The minimum Gasteiger partial charge on any atom is -0.320 e. The summed E-state index contributed by atoms with van der Waals surface area (Å²) in [5.74, 6) is 0. The van der Waals surface area contributed by atoms with Crippen molar-refractivity contribution >= 4 is 28.9 Å². The summed E-state index contributed by atoms with van der Waals surface area (Å²) in [5, 5.41) is 1.74. The summed E-state index contributed by atoms with van der Waals surface area (Å²) < 4.78 is 0. The predicted molar refractivity (Wildman–Crippen MR) is 83.8 cm³/mol. The molecule has 1 atom stereocenters. The van der Waals surface area contributed by atoms with Crippen LogP contribution in [0.2, 0.25) is 0 Å². The minimum absolute atomic E-state index is 0.447. The van der Waals surface area contributed by atoms with Crippen LogP contribution in [-0.2, 0) is 11.2 Å². The van der Waals surface area contributed by atoms with Gasteiger partial charge >= 0.3 is 0 Å². The Bertz CT molecular complexity index is 744. The van der Waals surface area contributed by atoms with Crippen molar-refractivity contribution in [1.82, 2.24) is 4.98 Å². The highest BCUT2D eigenvalue weighted by Crippen LogP contribution is 2.38. The molecule has 1 aromatic carbocycles. The van der Waals surface area contributed by atoms with E-state index in [0.29, 0.717) is 0 Å². The summed E-state index contributed by atoms with van der Waals surface area (Å²) in [6.07, 6.45) is 3.66. The molecule has 2 aromatic rings. The van der Waals surface area contributed by atoms with Crippen LogP contribution in [0.5, 0.6) is 0 Å². The number of carbonyl (C=O) groups excluding carboxylic acids is 1. The molecule has 0 bridgehead atoms. The van der Waals surface area contributed by atoms with Gasteiger partial charge in [0.25, 0.3) is 0 Å². The van der Waals surface area contributed by atoms with Gasteiger partial charge < -0.3 is 9.69 Å². The highest BCUT2D eigenvalue weighted by molar-refractivity contribution is 8.14. The molecule has 104 valence electrons. The molecule has 4 nitrogen and oxygen atoms in total. The smallest absolute Gasteiger partial charge is 0.171 e. The Hall–Kier alpha value is -2.14. The van der Waals surface area contributed by atoms with E-state index in [1.807, 2.05) is 18.2 Å². The van der Waals surface area contributed by atoms with Gasteiger partial charge in [-0.25, -0.2) is 9.98 Å². The number of aromatic nitrogens is 1. The zero-order chi connectivity index (χ0) is 14.2. The average molecular weight is 295 g/mol. The van der Waals surface area contributed by atoms with Crippen LogP contribution in [0.1, 0.15) is 17.2 Å². The lowest BCUT2D eigenvalue weighted by molar-refractivity contribution is -0.109. The molecule has 0 radical (unpaired) electrons. The summed E-state index contributed by atoms with van der Waals surface area (Å²) in [7, 11) is 0. The van der Waals surface area contributed by atoms with Gasteiger partial charge in [0.05, 0.1) is 0 Å². The van der Waals surface area contributed by atoms with Gasteiger partial charge in [0, 0.05) is 24.0 Å². The fourth-order valence-corrected chi connectivity index (χ4v) is 3.84. The van der Waals surface area contributed by atoms with Crippen molar-refractivity contribution in [3.05, 3.63) is 53.7 Å². The third kappa shape index (κ3) is 2.05. The molecule has 3 heterocycles. The van der Waals surface area contributed by atoms with Crippen LogP contribution in [0.3, 0.4) is 0 Å². The molecule has 2 aliphatic rings. The molecule has 2 aliphatic heterocycles. The summed E-state index contributed by atoms with van der Waals surface area (Å²) in [6.45, 7) is 0.902. The monoisotopic (exact) mass is 295 g/mol. The second kappa shape index (κ2) is 5.00. The lowest BCUT2D eigenvalue weighted by Crippen LogP contribution is -2.29. The Morgan fingerprint density at radius 2 is 2.14 bits per heavy atom. The number of hydrogen-bond acceptors (Lipinski definition) is 5. The Balaban J connectivity index is 1.75. The number of anilines is 1. The largest absolute Gasteiger partial charge is 0.320 e. The fourth-order valence-electron chi connectivity index (χ4n) is 2.78. The van der Waals surface area contributed by atoms with Crippen molar-refractivity contribution in [3.63, 3.8) is 0 Å². The SMILES string of the molecule is O=CC1N=C(N2CCc3ccccc32)Sc2ncccc21. The molecule has 4 rings (SSSR count). The number of rotatable bonds is 1. The van der Waals surface area contributed by atoms with Crippen molar-refractivity contribution in [2.45, 2.75) is 17.5 Å². The van der Waals surface area contributed by atoms with Crippen molar-refractivity contribution in [2.75, 3.05) is 11.4 Å². The number of benzene rings is 1. The van der Waals surface area contributed by atoms with Crippen molar-refractivity contribution in [2.24, 2.45) is 4.99 Å². The Kier molecular flexibility index (Phi) is 3.00. The number of amidine groups is 1. The fraction of sp³-hybridized carbons (Fsp3) is 0.188. The van der Waals surface area contributed by atoms with Crippen LogP contribution in [0.15, 0.2) is 52.6 Å². The minimum atomic E-state index is -0.447. The lowest BCUT2D eigenvalue weighted by Gasteiger charge is -2.26. The Morgan fingerprint density at radius 3 is 3.05 bits per heavy atom. The lowest BCUT2D eigenvalue weighted by atomic mass is 10.1. The quantitative estimate of drug-likeness (QED) is 0.759. The summed E-state index contributed by atoms with van der Waals surface area (Å²) in [5.41, 5.74) is 3.41. The van der Waals surface area contributed by atoms with Gasteiger partial charge in [0.2, 0.25) is 0 Å². The van der Waals surface area contributed by atoms with Gasteiger partial charge in [-0.3, -0.25) is 0 Å². The van der Waals surface area contributed by atoms with Gasteiger partial charge in [-0.1, -0.05) is 24.3 Å². The zero-order valence-electron chi connectivity index (χ0n) is 11.3. The van der Waals surface area contributed by atoms with Gasteiger partial charge in [0.15, 0.2) is 5.17 Å². The van der Waals surface area contributed by atoms with E-state index in [4.69, 9.17) is 0 Å². The highest BCUT2D eigenvalue weighted by atomic mass is 32.2. The molecule has 0 aliphatic carbocycles. The van der Waals surface area contributed by atoms with Gasteiger partial charge in [-0.15, -0.1) is 0 Å². The number of aldehydes is 1. The number of pyridine rings is 1. The van der Waals surface area contributed by atoms with E-state index in [2.05, 4.69) is 33.1 Å². The van der Waals surface area contributed by atoms with E-state index in [0.717, 1.165) is 35.0 Å². The van der Waals surface area contributed by atoms with E-state index in [1.165, 1.54) is 11.3 Å². The van der Waals surface area contributed by atoms with Crippen LogP contribution in [-0.4, -0.2) is 23.0 Å². The maximum Gasteiger partial charge on any atom is 0.171 e. The van der Waals surface area contributed by atoms with Crippen LogP contribution in [0, 0.1) is 0 Å². The van der Waals surface area contributed by atoms with Crippen molar-refractivity contribution in [1.29, 1.82) is 0 Å². The number of aliphatic imine (C=N–C) groups is 1. The first-order valence-electron chi connectivity index (χ1n) is 6.88. The molecular formula is C16H13N3OS. The first-order valence-corrected chi connectivity index (χ1v) is 7.70. The number of thioether (sulfide) groups is 1. The van der Waals surface area contributed by atoms with Gasteiger partial charge in [-0.05, 0) is 35.9 Å². The van der Waals surface area contributed by atoms with E-state index in [-0.39, 0.29) is 0 Å². The molecule has 5 heteroatoms. The van der Waals surface area contributed by atoms with E-state index < -0.39 is 6.04 Å². The van der Waals surface area contributed by atoms with Crippen molar-refractivity contribution in [3.8, 4) is 0 Å². The molecule has 1 unspecified atom stereocenters. The standard InChI is InChI=1S/C16H13N3OS/c20-10-13-12-5-3-8-17-15(12)21-16(18-13)19-9-7-11-4-1-2-6-14(11)19/h1-6,8,10,13H,7,9H2. The topological polar surface area (TPSA) is 45.6 Å². The number of para-hydroxylation sites is 1. The number of nitrogens with zero attached hydrogens (tertiary/aromatic N) is 3. The molecule has 1 aromatic heterocycles. The summed E-state index contributed by atoms with van der Waals surface area (Å²) in [6, 6.07) is 11.7. The maximum atomic E-state index is 11.4. The molecule has 0 fully saturated rings. The van der Waals surface area contributed by atoms with Gasteiger partial charge in [0.1, 0.15) is 17.4 Å². The summed E-state index contributed by atoms with van der Waals surface area (Å²) >= 11 is 1.54. The molecular weight excluding hydrogens is 282 g/mol. The maximum absolute atomic E-state index is 11.4. The molecule has 0 saturated carbocycles. The summed E-state index contributed by atoms with van der Waals surface area (Å²) in [4.78, 5) is 22.6. The predicted octanol–water partition coefficient (Wildman–Crippen LogP) is 2.85. The second-order valence-electron chi connectivity index (χ2n) is 5.02. The van der Waals surface area contributed by atoms with Gasteiger partial charge in [-0.2, -0.15) is 0 Å². The van der Waals surface area contributed by atoms with E-state index in [9.17, 15) is 4.79 Å². The van der Waals surface area contributed by atoms with Crippen LogP contribution < -0.4 is 4.90 Å². The normalized spacial score (nSPS) is 19.7. The van der Waals surface area contributed by atoms with E-state index in [1.54, 1.807) is 18.0 Å². The third-order valence-corrected chi connectivity index (χ3v) is 4.85. The molecule has 0 spiro atoms. The highest BCUT2D eigenvalue weighted by Gasteiger charge is 2.29. The third-order valence-electron chi connectivity index (χ3n) is 3.80. The molecule has 0 N–H and O–H groups in total. The van der Waals surface area contributed by atoms with Crippen LogP contribution >= 0.6 is 11.8 Å². The first kappa shape index (κ1) is 12.6. The van der Waals surface area contributed by atoms with E-state index >= 15 is 0 Å². The molecule has 21 heavy (non-hydrogen) atoms. The molecule has 0 amide bonds. The van der Waals surface area contributed by atoms with Crippen molar-refractivity contribution < 1.29 is 4.79 Å².